The molecule has 0 spiro atoms. The van der Waals surface area contributed by atoms with Gasteiger partial charge in [-0.05, 0) is 24.3 Å². The van der Waals surface area contributed by atoms with Crippen molar-refractivity contribution in [2.24, 2.45) is 7.05 Å². The summed E-state index contributed by atoms with van der Waals surface area (Å²) >= 11 is 5.89. The van der Waals surface area contributed by atoms with E-state index >= 15 is 0 Å². The van der Waals surface area contributed by atoms with E-state index in [0.717, 1.165) is 11.5 Å². The molecule has 1 aromatic carbocycles. The molecular weight excluding hydrogens is 385 g/mol. The summed E-state index contributed by atoms with van der Waals surface area (Å²) in [6.45, 7) is 0.187. The molecule has 142 valence electrons. The normalized spacial score (nSPS) is 11.6. The summed E-state index contributed by atoms with van der Waals surface area (Å²) in [5.74, 6) is -0.340. The summed E-state index contributed by atoms with van der Waals surface area (Å²) < 4.78 is 44.3. The van der Waals surface area contributed by atoms with E-state index in [1.807, 2.05) is 0 Å². The van der Waals surface area contributed by atoms with Crippen molar-refractivity contribution in [1.29, 1.82) is 0 Å². The standard InChI is InChI=1S/C17H14ClF3N4O2/c1-25-14-5-9(16(26)27-2)3-4-11(14)13(24-25)8-23-15-12(18)6-10(7-22-15)17(19,20)21/h3-7H,8H2,1-2H3,(H,22,23). The zero-order valence-corrected chi connectivity index (χ0v) is 15.0. The molecule has 1 N–H and O–H groups in total. The molecule has 27 heavy (non-hydrogen) atoms. The lowest BCUT2D eigenvalue weighted by molar-refractivity contribution is -0.137. The Kier molecular flexibility index (Phi) is 4.97. The maximum Gasteiger partial charge on any atom is 0.417 e. The van der Waals surface area contributed by atoms with Crippen LogP contribution in [0.2, 0.25) is 5.02 Å². The summed E-state index contributed by atoms with van der Waals surface area (Å²) in [6, 6.07) is 5.81. The zero-order chi connectivity index (χ0) is 19.8. The Labute approximate surface area is 156 Å². The molecule has 0 radical (unpaired) electrons. The first-order valence-electron chi connectivity index (χ1n) is 7.71. The molecule has 0 saturated carbocycles. The summed E-state index contributed by atoms with van der Waals surface area (Å²) in [4.78, 5) is 15.4. The van der Waals surface area contributed by atoms with Crippen LogP contribution in [0.4, 0.5) is 19.0 Å². The number of rotatable bonds is 4. The van der Waals surface area contributed by atoms with Crippen molar-refractivity contribution >= 4 is 34.3 Å². The molecule has 0 aliphatic carbocycles. The lowest BCUT2D eigenvalue weighted by Crippen LogP contribution is -2.08. The van der Waals surface area contributed by atoms with E-state index in [-0.39, 0.29) is 17.4 Å². The number of benzene rings is 1. The van der Waals surface area contributed by atoms with Crippen LogP contribution in [0.1, 0.15) is 21.6 Å². The summed E-state index contributed by atoms with van der Waals surface area (Å²) in [7, 11) is 3.02. The first kappa shape index (κ1) is 19.0. The van der Waals surface area contributed by atoms with Gasteiger partial charge in [0.25, 0.3) is 0 Å². The maximum absolute atomic E-state index is 12.7. The Hall–Kier alpha value is -2.81. The summed E-state index contributed by atoms with van der Waals surface area (Å²) in [6.07, 6.45) is -3.79. The Morgan fingerprint density at radius 1 is 1.33 bits per heavy atom. The van der Waals surface area contributed by atoms with Crippen LogP contribution in [0, 0.1) is 0 Å². The van der Waals surface area contributed by atoms with Gasteiger partial charge in [-0.3, -0.25) is 4.68 Å². The minimum Gasteiger partial charge on any atom is -0.465 e. The SMILES string of the molecule is COC(=O)c1ccc2c(CNc3ncc(C(F)(F)F)cc3Cl)nn(C)c2c1. The van der Waals surface area contributed by atoms with Crippen LogP contribution in [-0.4, -0.2) is 27.8 Å². The molecule has 3 aromatic rings. The monoisotopic (exact) mass is 398 g/mol. The number of halogens is 4. The average Bonchev–Trinajstić information content (AvgIpc) is 2.94. The van der Waals surface area contributed by atoms with Crippen molar-refractivity contribution in [2.45, 2.75) is 12.7 Å². The van der Waals surface area contributed by atoms with Gasteiger partial charge < -0.3 is 10.1 Å². The number of esters is 1. The van der Waals surface area contributed by atoms with Gasteiger partial charge in [-0.25, -0.2) is 9.78 Å². The van der Waals surface area contributed by atoms with Crippen molar-refractivity contribution in [2.75, 3.05) is 12.4 Å². The van der Waals surface area contributed by atoms with Crippen LogP contribution in [0.5, 0.6) is 0 Å². The van der Waals surface area contributed by atoms with E-state index in [2.05, 4.69) is 15.4 Å². The summed E-state index contributed by atoms with van der Waals surface area (Å²) in [5, 5.41) is 7.89. The number of alkyl halides is 3. The molecule has 3 rings (SSSR count). The molecule has 0 aliphatic heterocycles. The van der Waals surface area contributed by atoms with Gasteiger partial charge in [-0.1, -0.05) is 11.6 Å². The van der Waals surface area contributed by atoms with Crippen molar-refractivity contribution in [3.8, 4) is 0 Å². The largest absolute Gasteiger partial charge is 0.465 e. The van der Waals surface area contributed by atoms with Crippen LogP contribution in [0.15, 0.2) is 30.5 Å². The minimum absolute atomic E-state index is 0.120. The zero-order valence-electron chi connectivity index (χ0n) is 14.3. The van der Waals surface area contributed by atoms with E-state index in [4.69, 9.17) is 16.3 Å². The Morgan fingerprint density at radius 3 is 2.70 bits per heavy atom. The number of pyridine rings is 1. The highest BCUT2D eigenvalue weighted by molar-refractivity contribution is 6.32. The number of hydrogen-bond acceptors (Lipinski definition) is 5. The lowest BCUT2D eigenvalue weighted by atomic mass is 10.1. The van der Waals surface area contributed by atoms with Crippen LogP contribution in [-0.2, 0) is 24.5 Å². The van der Waals surface area contributed by atoms with Crippen LogP contribution in [0.25, 0.3) is 10.9 Å². The highest BCUT2D eigenvalue weighted by Crippen LogP contribution is 2.32. The Balaban J connectivity index is 1.84. The quantitative estimate of drug-likeness (QED) is 0.672. The van der Waals surface area contributed by atoms with E-state index in [1.54, 1.807) is 29.9 Å². The molecule has 2 aromatic heterocycles. The predicted octanol–water partition coefficient (Wildman–Crippen LogP) is 4.04. The number of carbonyl (C=O) groups excluding carboxylic acids is 1. The molecule has 0 saturated heterocycles. The van der Waals surface area contributed by atoms with Gasteiger partial charge >= 0.3 is 12.1 Å². The van der Waals surface area contributed by atoms with Crippen LogP contribution < -0.4 is 5.32 Å². The number of anilines is 1. The molecule has 2 heterocycles. The average molecular weight is 399 g/mol. The van der Waals surface area contributed by atoms with Gasteiger partial charge in [-0.2, -0.15) is 18.3 Å². The number of nitrogens with zero attached hydrogens (tertiary/aromatic N) is 3. The fourth-order valence-electron chi connectivity index (χ4n) is 2.60. The number of methoxy groups -OCH3 is 1. The molecule has 0 aliphatic rings. The fourth-order valence-corrected chi connectivity index (χ4v) is 2.83. The molecule has 0 amide bonds. The van der Waals surface area contributed by atoms with Gasteiger partial charge in [0.1, 0.15) is 5.82 Å². The third kappa shape index (κ3) is 3.82. The van der Waals surface area contributed by atoms with Gasteiger partial charge in [0.2, 0.25) is 0 Å². The second-order valence-electron chi connectivity index (χ2n) is 5.70. The second-order valence-corrected chi connectivity index (χ2v) is 6.11. The van der Waals surface area contributed by atoms with Crippen molar-refractivity contribution < 1.29 is 22.7 Å². The molecular formula is C17H14ClF3N4O2. The molecule has 0 fully saturated rings. The number of aromatic nitrogens is 3. The molecule has 0 atom stereocenters. The predicted molar refractivity (Wildman–Crippen MR) is 93.6 cm³/mol. The summed E-state index contributed by atoms with van der Waals surface area (Å²) in [5.41, 5.74) is 0.805. The van der Waals surface area contributed by atoms with Crippen LogP contribution >= 0.6 is 11.6 Å². The Bertz CT molecular complexity index is 1020. The van der Waals surface area contributed by atoms with E-state index in [1.165, 1.54) is 7.11 Å². The Morgan fingerprint density at radius 2 is 2.07 bits per heavy atom. The van der Waals surface area contributed by atoms with Crippen molar-refractivity contribution in [3.05, 3.63) is 52.3 Å². The first-order valence-corrected chi connectivity index (χ1v) is 8.09. The molecule has 6 nitrogen and oxygen atoms in total. The van der Waals surface area contributed by atoms with Gasteiger partial charge in [-0.15, -0.1) is 0 Å². The number of ether oxygens (including phenoxy) is 1. The van der Waals surface area contributed by atoms with Crippen LogP contribution in [0.3, 0.4) is 0 Å². The molecule has 0 unspecified atom stereocenters. The topological polar surface area (TPSA) is 69.0 Å². The molecule has 0 bridgehead atoms. The van der Waals surface area contributed by atoms with Crippen molar-refractivity contribution in [1.82, 2.24) is 14.8 Å². The minimum atomic E-state index is -4.51. The van der Waals surface area contributed by atoms with Gasteiger partial charge in [0, 0.05) is 18.6 Å². The number of aryl methyl sites for hydroxylation is 1. The maximum atomic E-state index is 12.7. The fraction of sp³-hybridized carbons (Fsp3) is 0.235. The highest BCUT2D eigenvalue weighted by atomic mass is 35.5. The number of hydrogen-bond donors (Lipinski definition) is 1. The second kappa shape index (κ2) is 7.07. The number of nitrogens with one attached hydrogen (secondary N) is 1. The third-order valence-electron chi connectivity index (χ3n) is 3.94. The lowest BCUT2D eigenvalue weighted by Gasteiger charge is -2.10. The van der Waals surface area contributed by atoms with Gasteiger partial charge in [0.15, 0.2) is 0 Å². The number of fused-ring (bicyclic) bond motifs is 1. The van der Waals surface area contributed by atoms with E-state index < -0.39 is 17.7 Å². The van der Waals surface area contributed by atoms with E-state index in [0.29, 0.717) is 23.0 Å². The third-order valence-corrected chi connectivity index (χ3v) is 4.23. The first-order chi connectivity index (χ1) is 12.7. The van der Waals surface area contributed by atoms with E-state index in [9.17, 15) is 18.0 Å². The highest BCUT2D eigenvalue weighted by Gasteiger charge is 2.31. The van der Waals surface area contributed by atoms with Gasteiger partial charge in [0.05, 0.1) is 41.0 Å². The molecule has 10 heteroatoms. The van der Waals surface area contributed by atoms with Crippen molar-refractivity contribution in [3.63, 3.8) is 0 Å². The number of carbonyl (C=O) groups is 1. The smallest absolute Gasteiger partial charge is 0.417 e.